The maximum atomic E-state index is 13.0. The number of rotatable bonds is 8. The van der Waals surface area contributed by atoms with E-state index in [9.17, 15) is 9.18 Å². The molecule has 1 aromatic carbocycles. The first-order valence-corrected chi connectivity index (χ1v) is 12.2. The van der Waals surface area contributed by atoms with Crippen LogP contribution < -0.4 is 10.1 Å². The fourth-order valence-corrected chi connectivity index (χ4v) is 4.73. The Bertz CT molecular complexity index is 1420. The van der Waals surface area contributed by atoms with Crippen LogP contribution in [0, 0.1) is 0 Å². The number of carbonyl (C=O) groups is 1. The monoisotopic (exact) mass is 486 g/mol. The molecule has 0 bridgehead atoms. The largest absolute Gasteiger partial charge is 0.472 e. The molecule has 1 fully saturated rings. The number of nitrogens with one attached hydrogen (secondary N) is 1. The lowest BCUT2D eigenvalue weighted by Crippen LogP contribution is -2.50. The quantitative estimate of drug-likeness (QED) is 0.383. The number of ether oxygens (including phenoxy) is 1. The third kappa shape index (κ3) is 4.59. The van der Waals surface area contributed by atoms with Crippen molar-refractivity contribution in [2.45, 2.75) is 25.6 Å². The molecule has 4 aromatic rings. The number of benzene rings is 1. The van der Waals surface area contributed by atoms with Gasteiger partial charge < -0.3 is 10.1 Å². The summed E-state index contributed by atoms with van der Waals surface area (Å²) in [4.78, 5) is 23.9. The van der Waals surface area contributed by atoms with Gasteiger partial charge in [-0.2, -0.15) is 5.10 Å². The van der Waals surface area contributed by atoms with E-state index in [-0.39, 0.29) is 25.0 Å². The molecule has 9 heteroatoms. The number of hydrogen-bond acceptors (Lipinski definition) is 7. The third-order valence-corrected chi connectivity index (χ3v) is 6.87. The first-order chi connectivity index (χ1) is 17.7. The molecule has 0 unspecified atom stereocenters. The minimum atomic E-state index is -0.347. The molecule has 0 aliphatic carbocycles. The molecule has 2 aliphatic heterocycles. The van der Waals surface area contributed by atoms with E-state index in [1.807, 2.05) is 29.2 Å². The number of aromatic nitrogens is 4. The van der Waals surface area contributed by atoms with E-state index in [2.05, 4.69) is 37.4 Å². The molecule has 8 nitrogen and oxygen atoms in total. The summed E-state index contributed by atoms with van der Waals surface area (Å²) in [5.74, 6) is 0.439. The minimum Gasteiger partial charge on any atom is -0.472 e. The highest BCUT2D eigenvalue weighted by Gasteiger charge is 2.22. The van der Waals surface area contributed by atoms with Gasteiger partial charge in [0.2, 0.25) is 5.88 Å². The molecule has 36 heavy (non-hydrogen) atoms. The van der Waals surface area contributed by atoms with E-state index in [1.54, 1.807) is 18.3 Å². The number of nitrogens with zero attached hydrogens (tertiary/aromatic N) is 5. The van der Waals surface area contributed by atoms with Crippen molar-refractivity contribution in [3.63, 3.8) is 0 Å². The molecule has 0 saturated carbocycles. The summed E-state index contributed by atoms with van der Waals surface area (Å²) in [6.45, 7) is 3.93. The zero-order valence-electron chi connectivity index (χ0n) is 19.9. The molecule has 2 aliphatic rings. The average molecular weight is 487 g/mol. The van der Waals surface area contributed by atoms with Gasteiger partial charge in [0.25, 0.3) is 0 Å². The van der Waals surface area contributed by atoms with Crippen molar-refractivity contribution in [1.29, 1.82) is 0 Å². The molecule has 1 saturated heterocycles. The van der Waals surface area contributed by atoms with Gasteiger partial charge in [-0.25, -0.2) is 9.37 Å². The van der Waals surface area contributed by atoms with Gasteiger partial charge in [0.1, 0.15) is 12.8 Å². The predicted molar refractivity (Wildman–Crippen MR) is 134 cm³/mol. The van der Waals surface area contributed by atoms with E-state index >= 15 is 0 Å². The van der Waals surface area contributed by atoms with Crippen molar-refractivity contribution in [1.82, 2.24) is 30.0 Å². The van der Waals surface area contributed by atoms with E-state index in [0.29, 0.717) is 30.2 Å². The highest BCUT2D eigenvalue weighted by molar-refractivity contribution is 5.98. The molecule has 3 aromatic heterocycles. The molecule has 5 heterocycles. The Kier molecular flexibility index (Phi) is 6.16. The van der Waals surface area contributed by atoms with Crippen LogP contribution in [0.1, 0.15) is 21.7 Å². The van der Waals surface area contributed by atoms with Gasteiger partial charge >= 0.3 is 0 Å². The SMILES string of the molecule is O=C(Cc1cc2cc(-c3cnn4c3CN(CCF)CC4)ccc2cn1)c1ccnc(OC2CNC2)c1. The lowest BCUT2D eigenvalue weighted by Gasteiger charge is -2.27. The van der Waals surface area contributed by atoms with Gasteiger partial charge in [-0.05, 0) is 29.1 Å². The predicted octanol–water partition coefficient (Wildman–Crippen LogP) is 3.05. The number of carbonyl (C=O) groups excluding carboxylic acids is 1. The van der Waals surface area contributed by atoms with Crippen molar-refractivity contribution in [2.24, 2.45) is 0 Å². The summed E-state index contributed by atoms with van der Waals surface area (Å²) in [6.07, 6.45) is 5.60. The lowest BCUT2D eigenvalue weighted by atomic mass is 10.0. The maximum absolute atomic E-state index is 13.0. The number of pyridine rings is 2. The van der Waals surface area contributed by atoms with Crippen molar-refractivity contribution in [2.75, 3.05) is 32.9 Å². The van der Waals surface area contributed by atoms with E-state index in [1.165, 1.54) is 0 Å². The normalized spacial score (nSPS) is 16.0. The fourth-order valence-electron chi connectivity index (χ4n) is 4.73. The first-order valence-electron chi connectivity index (χ1n) is 12.2. The van der Waals surface area contributed by atoms with Crippen LogP contribution in [0.2, 0.25) is 0 Å². The number of hydrogen-bond donors (Lipinski definition) is 1. The Morgan fingerprint density at radius 1 is 1.08 bits per heavy atom. The molecular formula is C27H27FN6O2. The second-order valence-corrected chi connectivity index (χ2v) is 9.31. The van der Waals surface area contributed by atoms with E-state index < -0.39 is 0 Å². The van der Waals surface area contributed by atoms with E-state index in [4.69, 9.17) is 4.74 Å². The summed E-state index contributed by atoms with van der Waals surface area (Å²) >= 11 is 0. The van der Waals surface area contributed by atoms with Crippen LogP contribution in [0.5, 0.6) is 5.88 Å². The first kappa shape index (κ1) is 22.8. The lowest BCUT2D eigenvalue weighted by molar-refractivity contribution is 0.0989. The van der Waals surface area contributed by atoms with Gasteiger partial charge in [0.15, 0.2) is 5.78 Å². The molecule has 6 rings (SSSR count). The average Bonchev–Trinajstić information content (AvgIpc) is 3.29. The second-order valence-electron chi connectivity index (χ2n) is 9.31. The number of halogens is 1. The van der Waals surface area contributed by atoms with Crippen LogP contribution in [-0.2, 0) is 19.5 Å². The van der Waals surface area contributed by atoms with Crippen LogP contribution in [0.4, 0.5) is 4.39 Å². The van der Waals surface area contributed by atoms with Gasteiger partial charge in [0.05, 0.1) is 24.9 Å². The smallest absolute Gasteiger partial charge is 0.214 e. The van der Waals surface area contributed by atoms with Crippen LogP contribution in [0.25, 0.3) is 21.9 Å². The highest BCUT2D eigenvalue weighted by Crippen LogP contribution is 2.30. The molecule has 0 radical (unpaired) electrons. The maximum Gasteiger partial charge on any atom is 0.214 e. The van der Waals surface area contributed by atoms with Crippen LogP contribution in [-0.4, -0.2) is 69.4 Å². The zero-order chi connectivity index (χ0) is 24.5. The van der Waals surface area contributed by atoms with Crippen LogP contribution >= 0.6 is 0 Å². The number of alkyl halides is 1. The third-order valence-electron chi connectivity index (χ3n) is 6.87. The molecule has 0 atom stereocenters. The molecule has 0 spiro atoms. The molecule has 0 amide bonds. The van der Waals surface area contributed by atoms with Crippen molar-refractivity contribution in [3.8, 4) is 17.0 Å². The highest BCUT2D eigenvalue weighted by atomic mass is 19.1. The topological polar surface area (TPSA) is 85.2 Å². The van der Waals surface area contributed by atoms with Gasteiger partial charge in [0, 0.05) is 73.4 Å². The van der Waals surface area contributed by atoms with Crippen LogP contribution in [0.15, 0.2) is 55.0 Å². The van der Waals surface area contributed by atoms with Crippen LogP contribution in [0.3, 0.4) is 0 Å². The van der Waals surface area contributed by atoms with Gasteiger partial charge in [-0.3, -0.25) is 19.4 Å². The minimum absolute atomic E-state index is 0.0318. The molecule has 1 N–H and O–H groups in total. The van der Waals surface area contributed by atoms with Gasteiger partial charge in [-0.15, -0.1) is 0 Å². The number of ketones is 1. The Hall–Kier alpha value is -3.69. The summed E-state index contributed by atoms with van der Waals surface area (Å²) < 4.78 is 20.7. The Morgan fingerprint density at radius 3 is 2.83 bits per heavy atom. The summed E-state index contributed by atoms with van der Waals surface area (Å²) in [6, 6.07) is 11.6. The fraction of sp³-hybridized carbons (Fsp3) is 0.333. The van der Waals surface area contributed by atoms with Crippen molar-refractivity contribution < 1.29 is 13.9 Å². The number of Topliss-reactive ketones (excluding diaryl/α,β-unsaturated/α-hetero) is 1. The Balaban J connectivity index is 1.23. The second kappa shape index (κ2) is 9.75. The molecule has 184 valence electrons. The number of fused-ring (bicyclic) bond motifs is 2. The van der Waals surface area contributed by atoms with Crippen molar-refractivity contribution >= 4 is 16.6 Å². The summed E-state index contributed by atoms with van der Waals surface area (Å²) in [5, 5.41) is 9.72. The Labute approximate surface area is 208 Å². The van der Waals surface area contributed by atoms with Gasteiger partial charge in [-0.1, -0.05) is 12.1 Å². The zero-order valence-corrected chi connectivity index (χ0v) is 19.9. The van der Waals surface area contributed by atoms with Crippen molar-refractivity contribution in [3.05, 3.63) is 71.9 Å². The molecular weight excluding hydrogens is 459 g/mol. The summed E-state index contributed by atoms with van der Waals surface area (Å²) in [7, 11) is 0. The standard InChI is InChI=1S/C27H27FN6O2/c28-4-6-33-7-8-34-25(17-33)24(16-32-34)18-1-2-20-13-31-22(10-21(20)9-18)12-26(35)19-3-5-30-27(11-19)36-23-14-29-15-23/h1-3,5,9-11,13,16,23,29H,4,6-8,12,14-15,17H2. The van der Waals surface area contributed by atoms with E-state index in [0.717, 1.165) is 53.8 Å². The Morgan fingerprint density at radius 2 is 2.00 bits per heavy atom. The summed E-state index contributed by atoms with van der Waals surface area (Å²) in [5.41, 5.74) is 4.48.